The predicted molar refractivity (Wildman–Crippen MR) is 116 cm³/mol. The van der Waals surface area contributed by atoms with Crippen LogP contribution in [0.2, 0.25) is 0 Å². The van der Waals surface area contributed by atoms with Crippen LogP contribution in [0.15, 0.2) is 41.4 Å². The van der Waals surface area contributed by atoms with Crippen molar-refractivity contribution in [3.63, 3.8) is 0 Å². The van der Waals surface area contributed by atoms with Crippen molar-refractivity contribution in [2.24, 2.45) is 4.99 Å². The Morgan fingerprint density at radius 1 is 1.08 bits per heavy atom. The number of rotatable bonds is 6. The summed E-state index contributed by atoms with van der Waals surface area (Å²) in [5.41, 5.74) is 2.67. The number of aliphatic imine (C=N–C) groups is 1. The van der Waals surface area contributed by atoms with Gasteiger partial charge < -0.3 is 10.6 Å². The molecule has 2 N–H and O–H groups in total. The van der Waals surface area contributed by atoms with Crippen molar-refractivity contribution < 1.29 is 0 Å². The minimum absolute atomic E-state index is 0. The quantitative estimate of drug-likeness (QED) is 0.298. The molecule has 3 rings (SSSR count). The van der Waals surface area contributed by atoms with Gasteiger partial charge in [-0.05, 0) is 56.8 Å². The van der Waals surface area contributed by atoms with E-state index in [1.165, 1.54) is 37.1 Å². The second-order valence-corrected chi connectivity index (χ2v) is 6.78. The van der Waals surface area contributed by atoms with Gasteiger partial charge in [0.05, 0.1) is 6.54 Å². The van der Waals surface area contributed by atoms with Gasteiger partial charge in [0.25, 0.3) is 0 Å². The highest BCUT2D eigenvalue weighted by Crippen LogP contribution is 2.14. The summed E-state index contributed by atoms with van der Waals surface area (Å²) in [6.07, 6.45) is 9.36. The number of guanidine groups is 1. The van der Waals surface area contributed by atoms with Crippen LogP contribution in [0.25, 0.3) is 0 Å². The molecule has 25 heavy (non-hydrogen) atoms. The van der Waals surface area contributed by atoms with Crippen molar-refractivity contribution in [1.29, 1.82) is 0 Å². The van der Waals surface area contributed by atoms with Crippen molar-refractivity contribution >= 4 is 29.9 Å². The van der Waals surface area contributed by atoms with Crippen LogP contribution >= 0.6 is 24.0 Å². The van der Waals surface area contributed by atoms with Gasteiger partial charge in [-0.3, -0.25) is 4.90 Å². The second kappa shape index (κ2) is 10.8. The molecule has 1 aliphatic carbocycles. The summed E-state index contributed by atoms with van der Waals surface area (Å²) in [6.45, 7) is 7.31. The van der Waals surface area contributed by atoms with Crippen molar-refractivity contribution in [3.05, 3.63) is 47.5 Å². The van der Waals surface area contributed by atoms with Gasteiger partial charge in [0, 0.05) is 19.1 Å². The maximum absolute atomic E-state index is 4.74. The van der Waals surface area contributed by atoms with E-state index in [9.17, 15) is 0 Å². The van der Waals surface area contributed by atoms with Gasteiger partial charge in [-0.2, -0.15) is 0 Å². The molecular weight excluding hydrogens is 423 g/mol. The van der Waals surface area contributed by atoms with Crippen LogP contribution in [-0.2, 0) is 13.1 Å². The molecular formula is C20H31IN4. The van der Waals surface area contributed by atoms with Crippen LogP contribution in [0.5, 0.6) is 0 Å². The fourth-order valence-corrected chi connectivity index (χ4v) is 3.37. The van der Waals surface area contributed by atoms with Crippen LogP contribution in [0, 0.1) is 0 Å². The van der Waals surface area contributed by atoms with Crippen LogP contribution in [0.3, 0.4) is 0 Å². The molecule has 0 aromatic heterocycles. The van der Waals surface area contributed by atoms with Crippen LogP contribution < -0.4 is 10.6 Å². The van der Waals surface area contributed by atoms with Crippen molar-refractivity contribution in [3.8, 4) is 0 Å². The molecule has 1 aromatic carbocycles. The summed E-state index contributed by atoms with van der Waals surface area (Å²) >= 11 is 0. The van der Waals surface area contributed by atoms with Gasteiger partial charge >= 0.3 is 0 Å². The average Bonchev–Trinajstić information content (AvgIpc) is 3.28. The van der Waals surface area contributed by atoms with E-state index in [-0.39, 0.29) is 24.0 Å². The Morgan fingerprint density at radius 2 is 1.72 bits per heavy atom. The molecule has 1 aliphatic heterocycles. The van der Waals surface area contributed by atoms with E-state index in [0.29, 0.717) is 6.04 Å². The summed E-state index contributed by atoms with van der Waals surface area (Å²) < 4.78 is 0. The lowest BCUT2D eigenvalue weighted by molar-refractivity contribution is 0.331. The molecule has 0 saturated carbocycles. The molecule has 0 spiro atoms. The molecule has 1 heterocycles. The number of hydrogen-bond donors (Lipinski definition) is 2. The zero-order chi connectivity index (χ0) is 16.6. The lowest BCUT2D eigenvalue weighted by Crippen LogP contribution is -2.42. The first kappa shape index (κ1) is 20.2. The number of likely N-dealkylation sites (tertiary alicyclic amines) is 1. The number of nitrogens with zero attached hydrogens (tertiary/aromatic N) is 2. The Balaban J connectivity index is 0.00000225. The summed E-state index contributed by atoms with van der Waals surface area (Å²) in [7, 11) is 0. The van der Waals surface area contributed by atoms with E-state index in [2.05, 4.69) is 58.9 Å². The smallest absolute Gasteiger partial charge is 0.191 e. The largest absolute Gasteiger partial charge is 0.357 e. The standard InChI is InChI=1S/C20H30N4.HI/c1-2-21-20(23-19-7-3-4-8-19)22-15-17-9-11-18(12-10-17)16-24-13-5-6-14-24;/h3-4,9-12,19H,2,5-8,13-16H2,1H3,(H2,21,22,23);1H. The van der Waals surface area contributed by atoms with E-state index in [4.69, 9.17) is 4.99 Å². The Hall–Kier alpha value is -1.08. The molecule has 2 aliphatic rings. The zero-order valence-corrected chi connectivity index (χ0v) is 17.5. The Kier molecular flexibility index (Phi) is 8.75. The fraction of sp³-hybridized carbons (Fsp3) is 0.550. The van der Waals surface area contributed by atoms with Crippen LogP contribution in [0.1, 0.15) is 43.7 Å². The molecule has 1 saturated heterocycles. The highest BCUT2D eigenvalue weighted by Gasteiger charge is 2.12. The van der Waals surface area contributed by atoms with E-state index >= 15 is 0 Å². The Labute approximate surface area is 169 Å². The van der Waals surface area contributed by atoms with Crippen LogP contribution in [0.4, 0.5) is 0 Å². The van der Waals surface area contributed by atoms with Gasteiger partial charge in [-0.15, -0.1) is 24.0 Å². The van der Waals surface area contributed by atoms with E-state index in [1.54, 1.807) is 0 Å². The molecule has 5 heteroatoms. The number of benzene rings is 1. The number of hydrogen-bond acceptors (Lipinski definition) is 2. The Morgan fingerprint density at radius 3 is 2.36 bits per heavy atom. The third-order valence-corrected chi connectivity index (χ3v) is 4.74. The monoisotopic (exact) mass is 454 g/mol. The molecule has 0 amide bonds. The van der Waals surface area contributed by atoms with Crippen molar-refractivity contribution in [1.82, 2.24) is 15.5 Å². The maximum atomic E-state index is 4.74. The minimum atomic E-state index is 0. The molecule has 1 fully saturated rings. The fourth-order valence-electron chi connectivity index (χ4n) is 3.37. The molecule has 1 aromatic rings. The van der Waals surface area contributed by atoms with Gasteiger partial charge in [0.2, 0.25) is 0 Å². The molecule has 138 valence electrons. The first-order valence-corrected chi connectivity index (χ1v) is 9.33. The highest BCUT2D eigenvalue weighted by atomic mass is 127. The first-order valence-electron chi connectivity index (χ1n) is 9.33. The van der Waals surface area contributed by atoms with Gasteiger partial charge in [0.15, 0.2) is 5.96 Å². The molecule has 4 nitrogen and oxygen atoms in total. The molecule has 0 bridgehead atoms. The molecule has 0 radical (unpaired) electrons. The summed E-state index contributed by atoms with van der Waals surface area (Å²) in [4.78, 5) is 7.27. The second-order valence-electron chi connectivity index (χ2n) is 6.78. The van der Waals surface area contributed by atoms with Crippen LogP contribution in [-0.4, -0.2) is 36.5 Å². The van der Waals surface area contributed by atoms with Gasteiger partial charge in [-0.1, -0.05) is 36.4 Å². The van der Waals surface area contributed by atoms with Crippen molar-refractivity contribution in [2.45, 2.75) is 51.7 Å². The Bertz CT molecular complexity index is 554. The summed E-state index contributed by atoms with van der Waals surface area (Å²) in [6, 6.07) is 9.44. The SMILES string of the molecule is CCNC(=NCc1ccc(CN2CCCC2)cc1)NC1CC=CC1.I. The van der Waals surface area contributed by atoms with E-state index in [1.807, 2.05) is 0 Å². The third-order valence-electron chi connectivity index (χ3n) is 4.74. The number of halogens is 1. The topological polar surface area (TPSA) is 39.7 Å². The van der Waals surface area contributed by atoms with Gasteiger partial charge in [0.1, 0.15) is 0 Å². The summed E-state index contributed by atoms with van der Waals surface area (Å²) in [5.74, 6) is 0.923. The highest BCUT2D eigenvalue weighted by molar-refractivity contribution is 14.0. The molecule has 0 unspecified atom stereocenters. The molecule has 0 atom stereocenters. The average molecular weight is 454 g/mol. The van der Waals surface area contributed by atoms with E-state index < -0.39 is 0 Å². The number of nitrogens with one attached hydrogen (secondary N) is 2. The van der Waals surface area contributed by atoms with Crippen molar-refractivity contribution in [2.75, 3.05) is 19.6 Å². The van der Waals surface area contributed by atoms with Gasteiger partial charge in [-0.25, -0.2) is 4.99 Å². The zero-order valence-electron chi connectivity index (χ0n) is 15.2. The maximum Gasteiger partial charge on any atom is 0.191 e. The van der Waals surface area contributed by atoms with E-state index in [0.717, 1.165) is 38.4 Å². The lowest BCUT2D eigenvalue weighted by atomic mass is 10.1. The minimum Gasteiger partial charge on any atom is -0.357 e. The first-order chi connectivity index (χ1) is 11.8. The normalized spacial score (nSPS) is 18.4. The predicted octanol–water partition coefficient (Wildman–Crippen LogP) is 3.67. The summed E-state index contributed by atoms with van der Waals surface area (Å²) in [5, 5.41) is 6.86. The lowest BCUT2D eigenvalue weighted by Gasteiger charge is -2.17. The third kappa shape index (κ3) is 6.62.